The van der Waals surface area contributed by atoms with Crippen molar-refractivity contribution in [2.24, 2.45) is 5.92 Å². The maximum atomic E-state index is 5.59. The van der Waals surface area contributed by atoms with Gasteiger partial charge in [-0.2, -0.15) is 9.97 Å². The van der Waals surface area contributed by atoms with Gasteiger partial charge in [-0.05, 0) is 12.8 Å². The summed E-state index contributed by atoms with van der Waals surface area (Å²) in [4.78, 5) is 7.84. The molecular formula is C10H17N3O2. The van der Waals surface area contributed by atoms with Gasteiger partial charge in [0.05, 0.1) is 19.3 Å². The summed E-state index contributed by atoms with van der Waals surface area (Å²) in [6, 6.07) is 1.62. The first-order valence-electron chi connectivity index (χ1n) is 4.88. The van der Waals surface area contributed by atoms with Gasteiger partial charge >= 0.3 is 0 Å². The summed E-state index contributed by atoms with van der Waals surface area (Å²) in [7, 11) is 1.53. The summed E-state index contributed by atoms with van der Waals surface area (Å²) in [6.07, 6.45) is 0.0732. The Labute approximate surface area is 89.6 Å². The predicted molar refractivity (Wildman–Crippen MR) is 57.9 cm³/mol. The summed E-state index contributed by atoms with van der Waals surface area (Å²) in [5, 5.41) is 0. The number of nitrogens with two attached hydrogens (primary N) is 1. The van der Waals surface area contributed by atoms with E-state index < -0.39 is 0 Å². The van der Waals surface area contributed by atoms with Crippen LogP contribution in [0.15, 0.2) is 6.07 Å². The third kappa shape index (κ3) is 3.27. The molecule has 5 nitrogen and oxygen atoms in total. The maximum Gasteiger partial charge on any atom is 0.226 e. The molecule has 1 atom stereocenters. The summed E-state index contributed by atoms with van der Waals surface area (Å²) in [5.74, 6) is 1.42. The molecule has 1 aromatic rings. The van der Waals surface area contributed by atoms with E-state index in [9.17, 15) is 0 Å². The molecule has 0 aliphatic carbocycles. The normalized spacial score (nSPS) is 12.6. The lowest BCUT2D eigenvalue weighted by molar-refractivity contribution is 0.162. The highest BCUT2D eigenvalue weighted by Crippen LogP contribution is 2.18. The average Bonchev–Trinajstić information content (AvgIpc) is 2.16. The van der Waals surface area contributed by atoms with Gasteiger partial charge in [-0.3, -0.25) is 0 Å². The molecule has 15 heavy (non-hydrogen) atoms. The number of ether oxygens (including phenoxy) is 2. The van der Waals surface area contributed by atoms with E-state index in [1.54, 1.807) is 6.07 Å². The Hall–Kier alpha value is -1.52. The summed E-state index contributed by atoms with van der Waals surface area (Å²) < 4.78 is 10.6. The van der Waals surface area contributed by atoms with Gasteiger partial charge in [0.1, 0.15) is 0 Å². The molecule has 0 saturated heterocycles. The van der Waals surface area contributed by atoms with Crippen LogP contribution in [0.5, 0.6) is 11.8 Å². The van der Waals surface area contributed by atoms with Crippen molar-refractivity contribution in [3.8, 4) is 11.8 Å². The van der Waals surface area contributed by atoms with Crippen LogP contribution in [0.3, 0.4) is 0 Å². The van der Waals surface area contributed by atoms with Crippen molar-refractivity contribution < 1.29 is 9.47 Å². The summed E-state index contributed by atoms with van der Waals surface area (Å²) in [5.41, 5.74) is 5.50. The fraction of sp³-hybridized carbons (Fsp3) is 0.600. The molecule has 1 rings (SSSR count). The van der Waals surface area contributed by atoms with Crippen LogP contribution in [0.2, 0.25) is 0 Å². The zero-order valence-electron chi connectivity index (χ0n) is 9.52. The number of hydrogen-bond donors (Lipinski definition) is 1. The summed E-state index contributed by atoms with van der Waals surface area (Å²) >= 11 is 0. The standard InChI is InChI=1S/C10H17N3O2/c1-6(2)7(3)15-9-5-8(14-4)12-10(11)13-9/h5-7H,1-4H3,(H2,11,12,13). The number of anilines is 1. The number of nitrogen functional groups attached to an aromatic ring is 1. The van der Waals surface area contributed by atoms with Gasteiger partial charge in [-0.25, -0.2) is 0 Å². The first kappa shape index (κ1) is 11.6. The number of rotatable bonds is 4. The van der Waals surface area contributed by atoms with Gasteiger partial charge in [0.15, 0.2) is 0 Å². The second-order valence-corrected chi connectivity index (χ2v) is 3.67. The first-order valence-corrected chi connectivity index (χ1v) is 4.88. The van der Waals surface area contributed by atoms with Crippen molar-refractivity contribution in [3.05, 3.63) is 6.07 Å². The minimum atomic E-state index is 0.0732. The highest BCUT2D eigenvalue weighted by atomic mass is 16.5. The lowest BCUT2D eigenvalue weighted by Crippen LogP contribution is -2.19. The van der Waals surface area contributed by atoms with Crippen LogP contribution in [-0.2, 0) is 0 Å². The lowest BCUT2D eigenvalue weighted by atomic mass is 10.1. The molecule has 0 aromatic carbocycles. The number of aromatic nitrogens is 2. The average molecular weight is 211 g/mol. The van der Waals surface area contributed by atoms with E-state index >= 15 is 0 Å². The number of hydrogen-bond acceptors (Lipinski definition) is 5. The van der Waals surface area contributed by atoms with Crippen molar-refractivity contribution >= 4 is 5.95 Å². The Kier molecular flexibility index (Phi) is 3.71. The topological polar surface area (TPSA) is 70.3 Å². The molecule has 84 valence electrons. The molecule has 1 unspecified atom stereocenters. The second kappa shape index (κ2) is 4.82. The molecule has 0 fully saturated rings. The first-order chi connectivity index (χ1) is 7.02. The van der Waals surface area contributed by atoms with Crippen molar-refractivity contribution in [1.29, 1.82) is 0 Å². The van der Waals surface area contributed by atoms with Crippen LogP contribution in [0.1, 0.15) is 20.8 Å². The highest BCUT2D eigenvalue weighted by molar-refractivity contribution is 5.29. The zero-order chi connectivity index (χ0) is 11.4. The van der Waals surface area contributed by atoms with Crippen molar-refractivity contribution in [2.75, 3.05) is 12.8 Å². The molecule has 0 aliphatic rings. The van der Waals surface area contributed by atoms with Gasteiger partial charge in [-0.1, -0.05) is 13.8 Å². The van der Waals surface area contributed by atoms with Crippen LogP contribution < -0.4 is 15.2 Å². The Morgan fingerprint density at radius 1 is 1.20 bits per heavy atom. The fourth-order valence-corrected chi connectivity index (χ4v) is 0.912. The van der Waals surface area contributed by atoms with Gasteiger partial charge in [0.2, 0.25) is 17.7 Å². The number of nitrogens with zero attached hydrogens (tertiary/aromatic N) is 2. The molecule has 0 amide bonds. The van der Waals surface area contributed by atoms with E-state index in [1.807, 2.05) is 6.92 Å². The molecule has 2 N–H and O–H groups in total. The smallest absolute Gasteiger partial charge is 0.226 e. The van der Waals surface area contributed by atoms with E-state index in [4.69, 9.17) is 15.2 Å². The van der Waals surface area contributed by atoms with Crippen molar-refractivity contribution in [3.63, 3.8) is 0 Å². The third-order valence-corrected chi connectivity index (χ3v) is 2.15. The van der Waals surface area contributed by atoms with Crippen LogP contribution >= 0.6 is 0 Å². The van der Waals surface area contributed by atoms with Crippen LogP contribution in [0.4, 0.5) is 5.95 Å². The number of methoxy groups -OCH3 is 1. The van der Waals surface area contributed by atoms with Gasteiger partial charge < -0.3 is 15.2 Å². The van der Waals surface area contributed by atoms with E-state index in [0.29, 0.717) is 17.7 Å². The molecule has 1 heterocycles. The van der Waals surface area contributed by atoms with Crippen molar-refractivity contribution in [1.82, 2.24) is 9.97 Å². The SMILES string of the molecule is COc1cc(OC(C)C(C)C)nc(N)n1. The Balaban J connectivity index is 2.80. The fourth-order valence-electron chi connectivity index (χ4n) is 0.912. The molecule has 0 spiro atoms. The molecule has 5 heteroatoms. The van der Waals surface area contributed by atoms with E-state index in [-0.39, 0.29) is 12.1 Å². The highest BCUT2D eigenvalue weighted by Gasteiger charge is 2.11. The van der Waals surface area contributed by atoms with Crippen LogP contribution in [0.25, 0.3) is 0 Å². The zero-order valence-corrected chi connectivity index (χ0v) is 9.52. The van der Waals surface area contributed by atoms with E-state index in [1.165, 1.54) is 7.11 Å². The molecular weight excluding hydrogens is 194 g/mol. The third-order valence-electron chi connectivity index (χ3n) is 2.15. The van der Waals surface area contributed by atoms with Gasteiger partial charge in [0, 0.05) is 0 Å². The molecule has 0 saturated carbocycles. The van der Waals surface area contributed by atoms with Gasteiger partial charge in [-0.15, -0.1) is 0 Å². The molecule has 0 bridgehead atoms. The van der Waals surface area contributed by atoms with E-state index in [0.717, 1.165) is 0 Å². The predicted octanol–water partition coefficient (Wildman–Crippen LogP) is 1.49. The minimum absolute atomic E-state index is 0.0732. The lowest BCUT2D eigenvalue weighted by Gasteiger charge is -2.17. The molecule has 1 aromatic heterocycles. The van der Waals surface area contributed by atoms with E-state index in [2.05, 4.69) is 23.8 Å². The van der Waals surface area contributed by atoms with Gasteiger partial charge in [0.25, 0.3) is 0 Å². The largest absolute Gasteiger partial charge is 0.481 e. The maximum absolute atomic E-state index is 5.59. The minimum Gasteiger partial charge on any atom is -0.481 e. The summed E-state index contributed by atoms with van der Waals surface area (Å²) in [6.45, 7) is 6.13. The Morgan fingerprint density at radius 3 is 2.33 bits per heavy atom. The molecule has 0 aliphatic heterocycles. The second-order valence-electron chi connectivity index (χ2n) is 3.67. The Bertz CT molecular complexity index is 328. The monoisotopic (exact) mass is 211 g/mol. The van der Waals surface area contributed by atoms with Crippen LogP contribution in [-0.4, -0.2) is 23.2 Å². The quantitative estimate of drug-likeness (QED) is 0.817. The van der Waals surface area contributed by atoms with Crippen molar-refractivity contribution in [2.45, 2.75) is 26.9 Å². The Morgan fingerprint density at radius 2 is 1.80 bits per heavy atom. The van der Waals surface area contributed by atoms with Crippen LogP contribution in [0, 0.1) is 5.92 Å². The molecule has 0 radical (unpaired) electrons.